The van der Waals surface area contributed by atoms with E-state index in [4.69, 9.17) is 18.7 Å². The van der Waals surface area contributed by atoms with Gasteiger partial charge in [-0.2, -0.15) is 4.98 Å². The minimum absolute atomic E-state index is 0.0857. The quantitative estimate of drug-likeness (QED) is 0.684. The zero-order chi connectivity index (χ0) is 19.2. The van der Waals surface area contributed by atoms with Gasteiger partial charge in [-0.15, -0.1) is 0 Å². The molecule has 3 rings (SSSR count). The van der Waals surface area contributed by atoms with Gasteiger partial charge in [0.2, 0.25) is 11.7 Å². The Morgan fingerprint density at radius 1 is 1.04 bits per heavy atom. The van der Waals surface area contributed by atoms with E-state index in [9.17, 15) is 4.79 Å². The highest BCUT2D eigenvalue weighted by Crippen LogP contribution is 2.31. The lowest BCUT2D eigenvalue weighted by Gasteiger charge is -2.07. The summed E-state index contributed by atoms with van der Waals surface area (Å²) in [6.45, 7) is 0.0857. The van der Waals surface area contributed by atoms with Crippen LogP contribution in [0.15, 0.2) is 47.0 Å². The van der Waals surface area contributed by atoms with E-state index >= 15 is 0 Å². The summed E-state index contributed by atoms with van der Waals surface area (Å²) in [7, 11) is 4.64. The van der Waals surface area contributed by atoms with Crippen LogP contribution in [0.4, 0.5) is 0 Å². The zero-order valence-electron chi connectivity index (χ0n) is 15.2. The Morgan fingerprint density at radius 2 is 1.81 bits per heavy atom. The summed E-state index contributed by atoms with van der Waals surface area (Å²) in [4.78, 5) is 16.6. The number of amides is 1. The van der Waals surface area contributed by atoms with Crippen molar-refractivity contribution < 1.29 is 23.5 Å². The van der Waals surface area contributed by atoms with Crippen molar-refractivity contribution >= 4 is 5.91 Å². The second-order valence-corrected chi connectivity index (χ2v) is 5.46. The van der Waals surface area contributed by atoms with Crippen LogP contribution < -0.4 is 19.5 Å². The van der Waals surface area contributed by atoms with Gasteiger partial charge < -0.3 is 24.1 Å². The number of benzene rings is 2. The zero-order valence-corrected chi connectivity index (χ0v) is 15.2. The third-order valence-electron chi connectivity index (χ3n) is 3.87. The first-order valence-corrected chi connectivity index (χ1v) is 8.12. The minimum atomic E-state index is -0.297. The summed E-state index contributed by atoms with van der Waals surface area (Å²) in [5.74, 6) is 2.03. The van der Waals surface area contributed by atoms with Gasteiger partial charge in [-0.1, -0.05) is 17.3 Å². The normalized spacial score (nSPS) is 10.3. The highest BCUT2D eigenvalue weighted by atomic mass is 16.5. The van der Waals surface area contributed by atoms with E-state index in [1.807, 2.05) is 0 Å². The smallest absolute Gasteiger partial charge is 0.255 e. The molecule has 0 fully saturated rings. The number of ether oxygens (including phenoxy) is 3. The van der Waals surface area contributed by atoms with Crippen LogP contribution in [0.25, 0.3) is 11.4 Å². The molecule has 0 atom stereocenters. The van der Waals surface area contributed by atoms with Crippen molar-refractivity contribution in [3.8, 4) is 28.6 Å². The van der Waals surface area contributed by atoms with Gasteiger partial charge in [-0.25, -0.2) is 0 Å². The van der Waals surface area contributed by atoms with Gasteiger partial charge in [-0.05, 0) is 24.3 Å². The molecule has 0 unspecified atom stereocenters. The van der Waals surface area contributed by atoms with Gasteiger partial charge in [0, 0.05) is 6.07 Å². The molecule has 8 nitrogen and oxygen atoms in total. The van der Waals surface area contributed by atoms with E-state index in [-0.39, 0.29) is 18.3 Å². The highest BCUT2D eigenvalue weighted by Gasteiger charge is 2.16. The Labute approximate surface area is 156 Å². The number of hydrogen-bond acceptors (Lipinski definition) is 7. The lowest BCUT2D eigenvalue weighted by atomic mass is 10.2. The monoisotopic (exact) mass is 369 g/mol. The number of carbonyl (C=O) groups is 1. The number of nitrogens with zero attached hydrogens (tertiary/aromatic N) is 2. The van der Waals surface area contributed by atoms with Crippen LogP contribution in [0.1, 0.15) is 16.2 Å². The summed E-state index contributed by atoms with van der Waals surface area (Å²) in [6.07, 6.45) is 0. The Kier molecular flexibility index (Phi) is 5.55. The molecule has 0 spiro atoms. The van der Waals surface area contributed by atoms with E-state index in [0.29, 0.717) is 34.2 Å². The first-order valence-electron chi connectivity index (χ1n) is 8.12. The van der Waals surface area contributed by atoms with Gasteiger partial charge in [0.1, 0.15) is 17.2 Å². The van der Waals surface area contributed by atoms with Crippen LogP contribution in [-0.4, -0.2) is 37.4 Å². The maximum atomic E-state index is 12.3. The van der Waals surface area contributed by atoms with Crippen molar-refractivity contribution in [2.75, 3.05) is 21.3 Å². The highest BCUT2D eigenvalue weighted by molar-refractivity contribution is 5.96. The van der Waals surface area contributed by atoms with Crippen LogP contribution in [0.3, 0.4) is 0 Å². The Morgan fingerprint density at radius 3 is 2.56 bits per heavy atom. The fourth-order valence-corrected chi connectivity index (χ4v) is 2.50. The van der Waals surface area contributed by atoms with Crippen LogP contribution in [-0.2, 0) is 6.54 Å². The van der Waals surface area contributed by atoms with Crippen molar-refractivity contribution in [1.29, 1.82) is 0 Å². The van der Waals surface area contributed by atoms with Gasteiger partial charge in [0.05, 0.1) is 39.0 Å². The molecule has 140 valence electrons. The minimum Gasteiger partial charge on any atom is -0.497 e. The first kappa shape index (κ1) is 18.2. The van der Waals surface area contributed by atoms with Gasteiger partial charge in [-0.3, -0.25) is 4.79 Å². The maximum absolute atomic E-state index is 12.3. The molecule has 0 saturated carbocycles. The molecular weight excluding hydrogens is 350 g/mol. The molecule has 0 aliphatic heterocycles. The average Bonchev–Trinajstić information content (AvgIpc) is 3.20. The number of rotatable bonds is 7. The number of para-hydroxylation sites is 1. The lowest BCUT2D eigenvalue weighted by Crippen LogP contribution is -2.23. The van der Waals surface area contributed by atoms with Crippen molar-refractivity contribution in [2.45, 2.75) is 6.54 Å². The molecular formula is C19H19N3O5. The van der Waals surface area contributed by atoms with Gasteiger partial charge >= 0.3 is 0 Å². The van der Waals surface area contributed by atoms with Crippen LogP contribution in [0.5, 0.6) is 17.2 Å². The third-order valence-corrected chi connectivity index (χ3v) is 3.87. The number of hydrogen-bond donors (Lipinski definition) is 1. The van der Waals surface area contributed by atoms with Crippen molar-refractivity contribution in [2.24, 2.45) is 0 Å². The lowest BCUT2D eigenvalue weighted by molar-refractivity contribution is 0.0943. The molecule has 0 aliphatic carbocycles. The summed E-state index contributed by atoms with van der Waals surface area (Å²) in [5, 5.41) is 6.69. The fourth-order valence-electron chi connectivity index (χ4n) is 2.50. The second kappa shape index (κ2) is 8.22. The molecule has 3 aromatic rings. The molecule has 0 aliphatic rings. The number of methoxy groups -OCH3 is 3. The Balaban J connectivity index is 1.72. The van der Waals surface area contributed by atoms with Crippen molar-refractivity contribution in [3.05, 3.63) is 53.9 Å². The summed E-state index contributed by atoms with van der Waals surface area (Å²) >= 11 is 0. The van der Waals surface area contributed by atoms with Crippen LogP contribution in [0, 0.1) is 0 Å². The summed E-state index contributed by atoms with van der Waals surface area (Å²) in [6, 6.07) is 12.2. The molecule has 0 radical (unpaired) electrons. The van der Waals surface area contributed by atoms with Crippen LogP contribution in [0.2, 0.25) is 0 Å². The van der Waals surface area contributed by atoms with E-state index in [1.54, 1.807) is 56.7 Å². The predicted octanol–water partition coefficient (Wildman–Crippen LogP) is 2.69. The van der Waals surface area contributed by atoms with E-state index in [2.05, 4.69) is 15.5 Å². The van der Waals surface area contributed by atoms with Crippen molar-refractivity contribution in [3.63, 3.8) is 0 Å². The molecule has 1 N–H and O–H groups in total. The second-order valence-electron chi connectivity index (χ2n) is 5.46. The van der Waals surface area contributed by atoms with E-state index < -0.39 is 0 Å². The van der Waals surface area contributed by atoms with Gasteiger partial charge in [0.15, 0.2) is 0 Å². The number of carbonyl (C=O) groups excluding carboxylic acids is 1. The molecule has 2 aromatic carbocycles. The Hall–Kier alpha value is -3.55. The first-order chi connectivity index (χ1) is 13.2. The molecule has 0 saturated heterocycles. The largest absolute Gasteiger partial charge is 0.497 e. The fraction of sp³-hybridized carbons (Fsp3) is 0.211. The third kappa shape index (κ3) is 4.00. The Bertz CT molecular complexity index is 939. The number of aromatic nitrogens is 2. The molecule has 1 aromatic heterocycles. The standard InChI is InChI=1S/C19H19N3O5/c1-24-12-8-9-13(16(10-12)26-3)18-21-17(27-22-18)11-20-19(23)14-6-4-5-7-15(14)25-2/h4-10H,11H2,1-3H3,(H,20,23). The SMILES string of the molecule is COc1ccc(-c2noc(CNC(=O)c3ccccc3OC)n2)c(OC)c1. The molecule has 1 amide bonds. The van der Waals surface area contributed by atoms with E-state index in [0.717, 1.165) is 0 Å². The molecule has 8 heteroatoms. The van der Waals surface area contributed by atoms with Gasteiger partial charge in [0.25, 0.3) is 5.91 Å². The predicted molar refractivity (Wildman–Crippen MR) is 97.0 cm³/mol. The topological polar surface area (TPSA) is 95.7 Å². The molecule has 1 heterocycles. The van der Waals surface area contributed by atoms with Crippen molar-refractivity contribution in [1.82, 2.24) is 15.5 Å². The molecule has 27 heavy (non-hydrogen) atoms. The summed E-state index contributed by atoms with van der Waals surface area (Å²) < 4.78 is 20.9. The maximum Gasteiger partial charge on any atom is 0.255 e. The molecule has 0 bridgehead atoms. The summed E-state index contributed by atoms with van der Waals surface area (Å²) in [5.41, 5.74) is 1.08. The van der Waals surface area contributed by atoms with Crippen LogP contribution >= 0.6 is 0 Å². The number of nitrogens with one attached hydrogen (secondary N) is 1. The average molecular weight is 369 g/mol. The van der Waals surface area contributed by atoms with E-state index in [1.165, 1.54) is 7.11 Å².